The summed E-state index contributed by atoms with van der Waals surface area (Å²) in [5, 5.41) is 1.86. The van der Waals surface area contributed by atoms with E-state index in [1.54, 1.807) is 11.3 Å². The number of thiazole rings is 1. The molecule has 19 heavy (non-hydrogen) atoms. The first-order valence-corrected chi connectivity index (χ1v) is 7.33. The number of aryl methyl sites for hydroxylation is 2. The average molecular weight is 297 g/mol. The third-order valence-electron chi connectivity index (χ3n) is 2.80. The molecule has 0 saturated heterocycles. The quantitative estimate of drug-likeness (QED) is 0.919. The van der Waals surface area contributed by atoms with Crippen molar-refractivity contribution < 1.29 is 4.74 Å². The number of halogens is 1. The lowest BCUT2D eigenvalue weighted by Crippen LogP contribution is -2.01. The van der Waals surface area contributed by atoms with E-state index in [1.807, 2.05) is 32.2 Å². The smallest absolute Gasteiger partial charge is 0.119 e. The third kappa shape index (κ3) is 3.69. The molecule has 0 bridgehead atoms. The Morgan fingerprint density at radius 1 is 1.32 bits per heavy atom. The molecule has 0 aliphatic rings. The van der Waals surface area contributed by atoms with Crippen molar-refractivity contribution in [1.29, 1.82) is 0 Å². The molecule has 2 rings (SSSR count). The molecule has 1 aromatic heterocycles. The van der Waals surface area contributed by atoms with Gasteiger partial charge in [-0.25, -0.2) is 4.98 Å². The van der Waals surface area contributed by atoms with E-state index >= 15 is 0 Å². The van der Waals surface area contributed by atoms with Gasteiger partial charge < -0.3 is 10.5 Å². The summed E-state index contributed by atoms with van der Waals surface area (Å²) in [6.07, 6.45) is 2.63. The highest BCUT2D eigenvalue weighted by atomic mass is 35.5. The van der Waals surface area contributed by atoms with E-state index in [9.17, 15) is 0 Å². The molecule has 0 spiro atoms. The first kappa shape index (κ1) is 14.3. The maximum atomic E-state index is 6.12. The number of benzene rings is 1. The van der Waals surface area contributed by atoms with E-state index in [1.165, 1.54) is 0 Å². The van der Waals surface area contributed by atoms with Gasteiger partial charge in [-0.15, -0.1) is 11.3 Å². The van der Waals surface area contributed by atoms with Gasteiger partial charge in [0.25, 0.3) is 0 Å². The fourth-order valence-electron chi connectivity index (χ4n) is 1.80. The van der Waals surface area contributed by atoms with Crippen LogP contribution in [0.25, 0.3) is 0 Å². The molecule has 1 aromatic carbocycles. The number of rotatable bonds is 5. The van der Waals surface area contributed by atoms with Gasteiger partial charge in [0.05, 0.1) is 11.6 Å². The van der Waals surface area contributed by atoms with Crippen LogP contribution in [0.15, 0.2) is 18.3 Å². The van der Waals surface area contributed by atoms with E-state index in [2.05, 4.69) is 4.98 Å². The predicted octanol–water partition coefficient (Wildman–Crippen LogP) is 3.49. The Hall–Kier alpha value is -1.10. The Labute approximate surface area is 122 Å². The lowest BCUT2D eigenvalue weighted by atomic mass is 10.1. The summed E-state index contributed by atoms with van der Waals surface area (Å²) < 4.78 is 5.75. The van der Waals surface area contributed by atoms with Gasteiger partial charge in [-0.3, -0.25) is 0 Å². The van der Waals surface area contributed by atoms with Crippen LogP contribution in [-0.4, -0.2) is 11.6 Å². The molecule has 0 fully saturated rings. The molecule has 2 N–H and O–H groups in total. The van der Waals surface area contributed by atoms with E-state index in [0.717, 1.165) is 38.2 Å². The second kappa shape index (κ2) is 6.37. The average Bonchev–Trinajstić information content (AvgIpc) is 2.84. The summed E-state index contributed by atoms with van der Waals surface area (Å²) >= 11 is 7.76. The highest BCUT2D eigenvalue weighted by Crippen LogP contribution is 2.26. The minimum Gasteiger partial charge on any atom is -0.493 e. The Morgan fingerprint density at radius 3 is 2.58 bits per heavy atom. The topological polar surface area (TPSA) is 48.1 Å². The summed E-state index contributed by atoms with van der Waals surface area (Å²) in [5.41, 5.74) is 7.63. The molecule has 3 nitrogen and oxygen atoms in total. The molecule has 0 atom stereocenters. The molecule has 0 unspecified atom stereocenters. The molecule has 2 aromatic rings. The lowest BCUT2D eigenvalue weighted by molar-refractivity contribution is 0.321. The number of aromatic nitrogens is 1. The fourth-order valence-corrected chi connectivity index (χ4v) is 2.69. The zero-order valence-corrected chi connectivity index (χ0v) is 12.6. The normalized spacial score (nSPS) is 10.7. The van der Waals surface area contributed by atoms with Crippen molar-refractivity contribution in [3.05, 3.63) is 44.4 Å². The second-order valence-corrected chi connectivity index (χ2v) is 5.97. The van der Waals surface area contributed by atoms with Crippen LogP contribution in [0.2, 0.25) is 5.02 Å². The van der Waals surface area contributed by atoms with E-state index < -0.39 is 0 Å². The minimum atomic E-state index is 0.550. The zero-order valence-electron chi connectivity index (χ0n) is 11.1. The van der Waals surface area contributed by atoms with Gasteiger partial charge in [-0.2, -0.15) is 0 Å². The maximum Gasteiger partial charge on any atom is 0.119 e. The molecule has 5 heteroatoms. The molecular formula is C14H17ClN2OS. The van der Waals surface area contributed by atoms with Gasteiger partial charge in [0.15, 0.2) is 0 Å². The van der Waals surface area contributed by atoms with Gasteiger partial charge in [-0.05, 0) is 37.1 Å². The second-order valence-electron chi connectivity index (χ2n) is 4.39. The monoisotopic (exact) mass is 296 g/mol. The molecule has 0 saturated carbocycles. The summed E-state index contributed by atoms with van der Waals surface area (Å²) in [6.45, 7) is 5.12. The number of nitrogens with zero attached hydrogens (tertiary/aromatic N) is 1. The van der Waals surface area contributed by atoms with Crippen LogP contribution < -0.4 is 10.5 Å². The molecular weight excluding hydrogens is 280 g/mol. The SMILES string of the molecule is Cc1cc(OCCc2ncc(CN)s2)cc(C)c1Cl. The van der Waals surface area contributed by atoms with Crippen molar-refractivity contribution in [2.45, 2.75) is 26.8 Å². The molecule has 1 heterocycles. The lowest BCUT2D eigenvalue weighted by Gasteiger charge is -2.09. The maximum absolute atomic E-state index is 6.12. The largest absolute Gasteiger partial charge is 0.493 e. The minimum absolute atomic E-state index is 0.550. The van der Waals surface area contributed by atoms with Crippen LogP contribution in [-0.2, 0) is 13.0 Å². The number of nitrogens with two attached hydrogens (primary N) is 1. The Morgan fingerprint density at radius 2 is 2.00 bits per heavy atom. The van der Waals surface area contributed by atoms with E-state index in [4.69, 9.17) is 22.1 Å². The predicted molar refractivity (Wildman–Crippen MR) is 80.1 cm³/mol. The first-order chi connectivity index (χ1) is 9.10. The van der Waals surface area contributed by atoms with E-state index in [0.29, 0.717) is 13.2 Å². The number of hydrogen-bond acceptors (Lipinski definition) is 4. The Kier molecular flexibility index (Phi) is 4.80. The zero-order chi connectivity index (χ0) is 13.8. The molecule has 0 aliphatic heterocycles. The van der Waals surface area contributed by atoms with Gasteiger partial charge in [-0.1, -0.05) is 11.6 Å². The molecule has 0 aliphatic carbocycles. The number of hydrogen-bond donors (Lipinski definition) is 1. The first-order valence-electron chi connectivity index (χ1n) is 6.13. The van der Waals surface area contributed by atoms with Crippen molar-refractivity contribution >= 4 is 22.9 Å². The number of ether oxygens (including phenoxy) is 1. The fraction of sp³-hybridized carbons (Fsp3) is 0.357. The standard InChI is InChI=1S/C14H17ClN2OS/c1-9-5-11(6-10(2)14(9)15)18-4-3-13-17-8-12(7-16)19-13/h5-6,8H,3-4,7,16H2,1-2H3. The van der Waals surface area contributed by atoms with Crippen LogP contribution >= 0.6 is 22.9 Å². The highest BCUT2D eigenvalue weighted by Gasteiger charge is 2.05. The van der Waals surface area contributed by atoms with Crippen LogP contribution in [0.1, 0.15) is 21.0 Å². The van der Waals surface area contributed by atoms with Crippen molar-refractivity contribution in [1.82, 2.24) is 4.98 Å². The van der Waals surface area contributed by atoms with Crippen molar-refractivity contribution in [2.24, 2.45) is 5.73 Å². The van der Waals surface area contributed by atoms with Crippen LogP contribution in [0.4, 0.5) is 0 Å². The van der Waals surface area contributed by atoms with Crippen LogP contribution in [0.5, 0.6) is 5.75 Å². The Balaban J connectivity index is 1.92. The molecule has 102 valence electrons. The van der Waals surface area contributed by atoms with Gasteiger partial charge in [0, 0.05) is 29.1 Å². The third-order valence-corrected chi connectivity index (χ3v) is 4.47. The molecule has 0 radical (unpaired) electrons. The van der Waals surface area contributed by atoms with Gasteiger partial charge in [0.1, 0.15) is 5.75 Å². The van der Waals surface area contributed by atoms with Crippen LogP contribution in [0, 0.1) is 13.8 Å². The van der Waals surface area contributed by atoms with Crippen molar-refractivity contribution in [2.75, 3.05) is 6.61 Å². The van der Waals surface area contributed by atoms with Gasteiger partial charge >= 0.3 is 0 Å². The van der Waals surface area contributed by atoms with Crippen LogP contribution in [0.3, 0.4) is 0 Å². The summed E-state index contributed by atoms with van der Waals surface area (Å²) in [4.78, 5) is 5.41. The summed E-state index contributed by atoms with van der Waals surface area (Å²) in [5.74, 6) is 0.856. The van der Waals surface area contributed by atoms with Crippen molar-refractivity contribution in [3.63, 3.8) is 0 Å². The highest BCUT2D eigenvalue weighted by molar-refractivity contribution is 7.11. The summed E-state index contributed by atoms with van der Waals surface area (Å²) in [7, 11) is 0. The van der Waals surface area contributed by atoms with Crippen molar-refractivity contribution in [3.8, 4) is 5.75 Å². The summed E-state index contributed by atoms with van der Waals surface area (Å²) in [6, 6.07) is 3.92. The van der Waals surface area contributed by atoms with E-state index in [-0.39, 0.29) is 0 Å². The molecule has 0 amide bonds. The van der Waals surface area contributed by atoms with Gasteiger partial charge in [0.2, 0.25) is 0 Å². The Bertz CT molecular complexity index is 545.